The minimum atomic E-state index is 0.843. The lowest BCUT2D eigenvalue weighted by Crippen LogP contribution is -2.15. The van der Waals surface area contributed by atoms with Crippen LogP contribution in [0.1, 0.15) is 32.6 Å². The van der Waals surface area contributed by atoms with Crippen LogP contribution in [0.5, 0.6) is 0 Å². The summed E-state index contributed by atoms with van der Waals surface area (Å²) in [6.45, 7) is 6.35. The van der Waals surface area contributed by atoms with Gasteiger partial charge in [-0.2, -0.15) is 24.4 Å². The zero-order chi connectivity index (χ0) is 9.68. The standard InChI is InChI=1S/C11H20S2/c1-9-4-3-5-11(6-9)13-8-10(2)7-12/h9,11-12H,2-8H2,1H3. The van der Waals surface area contributed by atoms with Crippen molar-refractivity contribution < 1.29 is 0 Å². The summed E-state index contributed by atoms with van der Waals surface area (Å²) in [4.78, 5) is 0. The molecule has 0 bridgehead atoms. The van der Waals surface area contributed by atoms with Crippen molar-refractivity contribution in [3.8, 4) is 0 Å². The van der Waals surface area contributed by atoms with Crippen molar-refractivity contribution >= 4 is 24.4 Å². The number of thioether (sulfide) groups is 1. The Labute approximate surface area is 92.0 Å². The van der Waals surface area contributed by atoms with Gasteiger partial charge in [-0.15, -0.1) is 0 Å². The van der Waals surface area contributed by atoms with E-state index in [4.69, 9.17) is 0 Å². The first-order valence-corrected chi connectivity index (χ1v) is 6.79. The quantitative estimate of drug-likeness (QED) is 0.551. The van der Waals surface area contributed by atoms with Gasteiger partial charge in [0.15, 0.2) is 0 Å². The number of rotatable bonds is 4. The SMILES string of the molecule is C=C(CS)CSC1CCCC(C)C1. The molecule has 0 aromatic heterocycles. The molecule has 13 heavy (non-hydrogen) atoms. The van der Waals surface area contributed by atoms with Crippen molar-refractivity contribution in [1.29, 1.82) is 0 Å². The largest absolute Gasteiger partial charge is 0.175 e. The summed E-state index contributed by atoms with van der Waals surface area (Å²) in [6, 6.07) is 0. The Kier molecular flexibility index (Phi) is 5.34. The van der Waals surface area contributed by atoms with Crippen LogP contribution in [0.25, 0.3) is 0 Å². The highest BCUT2D eigenvalue weighted by molar-refractivity contribution is 8.00. The van der Waals surface area contributed by atoms with Gasteiger partial charge in [-0.3, -0.25) is 0 Å². The minimum Gasteiger partial charge on any atom is -0.175 e. The van der Waals surface area contributed by atoms with Gasteiger partial charge in [-0.25, -0.2) is 0 Å². The maximum absolute atomic E-state index is 4.22. The Morgan fingerprint density at radius 2 is 2.31 bits per heavy atom. The van der Waals surface area contributed by atoms with E-state index in [1.807, 2.05) is 0 Å². The Balaban J connectivity index is 2.17. The van der Waals surface area contributed by atoms with Crippen LogP contribution < -0.4 is 0 Å². The van der Waals surface area contributed by atoms with Gasteiger partial charge in [-0.05, 0) is 18.8 Å². The zero-order valence-electron chi connectivity index (χ0n) is 8.46. The molecule has 1 aliphatic rings. The third-order valence-corrected chi connectivity index (χ3v) is 4.56. The van der Waals surface area contributed by atoms with Gasteiger partial charge in [0.1, 0.15) is 0 Å². The van der Waals surface area contributed by atoms with Crippen molar-refractivity contribution in [2.45, 2.75) is 37.9 Å². The average Bonchev–Trinajstić information content (AvgIpc) is 2.14. The maximum atomic E-state index is 4.22. The van der Waals surface area contributed by atoms with Gasteiger partial charge in [0.05, 0.1) is 0 Å². The summed E-state index contributed by atoms with van der Waals surface area (Å²) in [6.07, 6.45) is 5.68. The van der Waals surface area contributed by atoms with Crippen LogP contribution in [-0.2, 0) is 0 Å². The number of thiol groups is 1. The van der Waals surface area contributed by atoms with Crippen molar-refractivity contribution in [3.63, 3.8) is 0 Å². The molecule has 2 unspecified atom stereocenters. The molecule has 0 N–H and O–H groups in total. The Morgan fingerprint density at radius 1 is 1.54 bits per heavy atom. The predicted molar refractivity (Wildman–Crippen MR) is 66.9 cm³/mol. The highest BCUT2D eigenvalue weighted by Crippen LogP contribution is 2.32. The van der Waals surface area contributed by atoms with Crippen molar-refractivity contribution in [3.05, 3.63) is 12.2 Å². The average molecular weight is 216 g/mol. The molecule has 0 nitrogen and oxygen atoms in total. The molecule has 0 saturated heterocycles. The molecule has 0 spiro atoms. The third-order valence-electron chi connectivity index (χ3n) is 2.64. The van der Waals surface area contributed by atoms with E-state index in [-0.39, 0.29) is 0 Å². The molecule has 1 aliphatic carbocycles. The molecular weight excluding hydrogens is 196 g/mol. The monoisotopic (exact) mass is 216 g/mol. The summed E-state index contributed by atoms with van der Waals surface area (Å²) < 4.78 is 0. The van der Waals surface area contributed by atoms with Gasteiger partial charge >= 0.3 is 0 Å². The normalized spacial score (nSPS) is 28.8. The lowest BCUT2D eigenvalue weighted by molar-refractivity contribution is 0.394. The lowest BCUT2D eigenvalue weighted by Gasteiger charge is -2.26. The molecule has 0 heterocycles. The first-order chi connectivity index (χ1) is 6.22. The fraction of sp³-hybridized carbons (Fsp3) is 0.818. The highest BCUT2D eigenvalue weighted by atomic mass is 32.2. The van der Waals surface area contributed by atoms with Crippen molar-refractivity contribution in [2.24, 2.45) is 5.92 Å². The minimum absolute atomic E-state index is 0.843. The second-order valence-electron chi connectivity index (χ2n) is 4.11. The topological polar surface area (TPSA) is 0 Å². The van der Waals surface area contributed by atoms with Gasteiger partial charge in [0, 0.05) is 16.8 Å². The molecule has 1 rings (SSSR count). The highest BCUT2D eigenvalue weighted by Gasteiger charge is 2.18. The molecule has 1 saturated carbocycles. The second-order valence-corrected chi connectivity index (χ2v) is 5.72. The van der Waals surface area contributed by atoms with Gasteiger partial charge < -0.3 is 0 Å². The molecule has 0 aromatic carbocycles. The maximum Gasteiger partial charge on any atom is 0.0151 e. The molecule has 2 atom stereocenters. The third kappa shape index (κ3) is 4.46. The van der Waals surface area contributed by atoms with E-state index in [1.54, 1.807) is 0 Å². The van der Waals surface area contributed by atoms with E-state index in [0.717, 1.165) is 22.7 Å². The summed E-state index contributed by atoms with van der Waals surface area (Å²) in [5.74, 6) is 2.89. The van der Waals surface area contributed by atoms with E-state index in [0.29, 0.717) is 0 Å². The summed E-state index contributed by atoms with van der Waals surface area (Å²) in [5, 5.41) is 0.889. The van der Waals surface area contributed by atoms with E-state index >= 15 is 0 Å². The molecule has 0 radical (unpaired) electrons. The molecule has 0 amide bonds. The first-order valence-electron chi connectivity index (χ1n) is 5.11. The van der Waals surface area contributed by atoms with Crippen LogP contribution in [0.15, 0.2) is 12.2 Å². The van der Waals surface area contributed by atoms with E-state index in [9.17, 15) is 0 Å². The number of hydrogen-bond acceptors (Lipinski definition) is 2. The van der Waals surface area contributed by atoms with E-state index in [2.05, 4.69) is 37.9 Å². The smallest absolute Gasteiger partial charge is 0.0151 e. The van der Waals surface area contributed by atoms with Crippen LogP contribution in [0.3, 0.4) is 0 Å². The Morgan fingerprint density at radius 3 is 2.92 bits per heavy atom. The number of hydrogen-bond donors (Lipinski definition) is 1. The van der Waals surface area contributed by atoms with Crippen molar-refractivity contribution in [2.75, 3.05) is 11.5 Å². The van der Waals surface area contributed by atoms with Crippen LogP contribution in [0.2, 0.25) is 0 Å². The van der Waals surface area contributed by atoms with Gasteiger partial charge in [-0.1, -0.05) is 31.9 Å². The van der Waals surface area contributed by atoms with E-state index < -0.39 is 0 Å². The zero-order valence-corrected chi connectivity index (χ0v) is 10.2. The Hall–Kier alpha value is 0.440. The van der Waals surface area contributed by atoms with Crippen LogP contribution in [0, 0.1) is 5.92 Å². The van der Waals surface area contributed by atoms with Crippen LogP contribution in [0.4, 0.5) is 0 Å². The predicted octanol–water partition coefficient (Wildman–Crippen LogP) is 3.78. The Bertz CT molecular complexity index is 165. The molecule has 0 aliphatic heterocycles. The second kappa shape index (κ2) is 6.02. The fourth-order valence-electron chi connectivity index (χ4n) is 1.81. The van der Waals surface area contributed by atoms with Crippen LogP contribution >= 0.6 is 24.4 Å². The van der Waals surface area contributed by atoms with Gasteiger partial charge in [0.2, 0.25) is 0 Å². The summed E-state index contributed by atoms with van der Waals surface area (Å²) in [7, 11) is 0. The molecule has 2 heteroatoms. The van der Waals surface area contributed by atoms with E-state index in [1.165, 1.54) is 31.3 Å². The lowest BCUT2D eigenvalue weighted by atomic mass is 9.91. The van der Waals surface area contributed by atoms with Gasteiger partial charge in [0.25, 0.3) is 0 Å². The first kappa shape index (κ1) is 11.5. The summed E-state index contributed by atoms with van der Waals surface area (Å²) in [5.41, 5.74) is 1.27. The van der Waals surface area contributed by atoms with Crippen LogP contribution in [-0.4, -0.2) is 16.8 Å². The molecule has 76 valence electrons. The molecular formula is C11H20S2. The molecule has 1 fully saturated rings. The molecule has 0 aromatic rings. The summed E-state index contributed by atoms with van der Waals surface area (Å²) >= 11 is 6.30. The fourth-order valence-corrected chi connectivity index (χ4v) is 3.45. The van der Waals surface area contributed by atoms with Crippen molar-refractivity contribution in [1.82, 2.24) is 0 Å².